The minimum Gasteiger partial charge on any atom is -0.424 e. The first-order valence-corrected chi connectivity index (χ1v) is 9.02. The Bertz CT molecular complexity index is 846. The summed E-state index contributed by atoms with van der Waals surface area (Å²) in [6.45, 7) is 8.11. The van der Waals surface area contributed by atoms with E-state index < -0.39 is 0 Å². The summed E-state index contributed by atoms with van der Waals surface area (Å²) in [4.78, 5) is 34.8. The van der Waals surface area contributed by atoms with Crippen molar-refractivity contribution in [2.45, 2.75) is 40.2 Å². The molecule has 1 fully saturated rings. The summed E-state index contributed by atoms with van der Waals surface area (Å²) < 4.78 is 5.72. The van der Waals surface area contributed by atoms with Gasteiger partial charge in [0.2, 0.25) is 11.8 Å². The zero-order valence-electron chi connectivity index (χ0n) is 16.0. The van der Waals surface area contributed by atoms with Crippen molar-refractivity contribution in [3.05, 3.63) is 41.7 Å². The van der Waals surface area contributed by atoms with Crippen LogP contribution in [0, 0.1) is 19.8 Å². The molecule has 0 bridgehead atoms. The number of hydrogen-bond acceptors (Lipinski definition) is 5. The van der Waals surface area contributed by atoms with Crippen molar-refractivity contribution >= 4 is 17.5 Å². The van der Waals surface area contributed by atoms with Crippen LogP contribution in [-0.4, -0.2) is 39.3 Å². The highest BCUT2D eigenvalue weighted by molar-refractivity contribution is 5.97. The Labute approximate surface area is 158 Å². The van der Waals surface area contributed by atoms with Gasteiger partial charge in [-0.05, 0) is 45.9 Å². The van der Waals surface area contributed by atoms with E-state index in [9.17, 15) is 9.59 Å². The number of ether oxygens (including phenoxy) is 1. The largest absolute Gasteiger partial charge is 0.424 e. The molecule has 7 nitrogen and oxygen atoms in total. The van der Waals surface area contributed by atoms with Crippen LogP contribution in [-0.2, 0) is 9.59 Å². The average molecular weight is 368 g/mol. The molecule has 7 heteroatoms. The number of likely N-dealkylation sites (tertiary alicyclic amines) is 1. The van der Waals surface area contributed by atoms with Gasteiger partial charge in [0.15, 0.2) is 0 Å². The maximum atomic E-state index is 12.5. The predicted molar refractivity (Wildman–Crippen MR) is 102 cm³/mol. The molecule has 1 aliphatic heterocycles. The number of aryl methyl sites for hydroxylation is 2. The van der Waals surface area contributed by atoms with Gasteiger partial charge in [-0.2, -0.15) is 0 Å². The van der Waals surface area contributed by atoms with Crippen LogP contribution in [0.5, 0.6) is 11.8 Å². The Morgan fingerprint density at radius 2 is 1.93 bits per heavy atom. The van der Waals surface area contributed by atoms with Gasteiger partial charge in [0.25, 0.3) is 0 Å². The number of carbonyl (C=O) groups excluding carboxylic acids is 2. The quantitative estimate of drug-likeness (QED) is 0.877. The first-order valence-electron chi connectivity index (χ1n) is 9.02. The molecule has 142 valence electrons. The van der Waals surface area contributed by atoms with E-state index in [2.05, 4.69) is 15.3 Å². The van der Waals surface area contributed by atoms with Crippen LogP contribution in [0.25, 0.3) is 0 Å². The Balaban J connectivity index is 1.67. The van der Waals surface area contributed by atoms with E-state index in [1.807, 2.05) is 33.8 Å². The van der Waals surface area contributed by atoms with Crippen molar-refractivity contribution in [2.24, 2.45) is 5.92 Å². The normalized spacial score (nSPS) is 16.7. The predicted octanol–water partition coefficient (Wildman–Crippen LogP) is 3.08. The fraction of sp³-hybridized carbons (Fsp3) is 0.400. The molecule has 1 saturated heterocycles. The standard InChI is InChI=1S/C20H24N4O3/c1-12(2)24-11-15(9-18(24)25)19(26)23-16-6-5-7-17(10-16)27-20-21-13(3)8-14(4)22-20/h5-8,10,12,15H,9,11H2,1-4H3,(H,23,26). The molecule has 0 saturated carbocycles. The van der Waals surface area contributed by atoms with Crippen LogP contribution >= 0.6 is 0 Å². The SMILES string of the molecule is Cc1cc(C)nc(Oc2cccc(NC(=O)C3CC(=O)N(C(C)C)C3)c2)n1. The zero-order valence-corrected chi connectivity index (χ0v) is 16.0. The number of benzene rings is 1. The van der Waals surface area contributed by atoms with Crippen molar-refractivity contribution < 1.29 is 14.3 Å². The van der Waals surface area contributed by atoms with Gasteiger partial charge in [0.1, 0.15) is 5.75 Å². The second-order valence-corrected chi connectivity index (χ2v) is 7.09. The van der Waals surface area contributed by atoms with Crippen LogP contribution in [0.3, 0.4) is 0 Å². The maximum absolute atomic E-state index is 12.5. The number of aromatic nitrogens is 2. The van der Waals surface area contributed by atoms with E-state index >= 15 is 0 Å². The van der Waals surface area contributed by atoms with Crippen LogP contribution in [0.2, 0.25) is 0 Å². The fourth-order valence-electron chi connectivity index (χ4n) is 3.13. The lowest BCUT2D eigenvalue weighted by Gasteiger charge is -2.20. The first-order chi connectivity index (χ1) is 12.8. The molecule has 0 spiro atoms. The van der Waals surface area contributed by atoms with Crippen molar-refractivity contribution in [3.8, 4) is 11.8 Å². The van der Waals surface area contributed by atoms with Gasteiger partial charge in [-0.25, -0.2) is 9.97 Å². The smallest absolute Gasteiger partial charge is 0.322 e. The van der Waals surface area contributed by atoms with E-state index in [0.29, 0.717) is 18.0 Å². The molecule has 1 atom stereocenters. The second kappa shape index (κ2) is 7.73. The van der Waals surface area contributed by atoms with Crippen molar-refractivity contribution in [1.29, 1.82) is 0 Å². The summed E-state index contributed by atoms with van der Waals surface area (Å²) in [7, 11) is 0. The zero-order chi connectivity index (χ0) is 19.6. The van der Waals surface area contributed by atoms with Gasteiger partial charge < -0.3 is 15.0 Å². The molecule has 2 heterocycles. The molecule has 2 aromatic rings. The lowest BCUT2D eigenvalue weighted by Crippen LogP contribution is -2.33. The third-order valence-electron chi connectivity index (χ3n) is 4.43. The van der Waals surface area contributed by atoms with Crippen molar-refractivity contribution in [1.82, 2.24) is 14.9 Å². The summed E-state index contributed by atoms with van der Waals surface area (Å²) in [6, 6.07) is 9.30. The van der Waals surface area contributed by atoms with E-state index in [-0.39, 0.29) is 36.2 Å². The Hall–Kier alpha value is -2.96. The van der Waals surface area contributed by atoms with E-state index in [1.165, 1.54) is 0 Å². The lowest BCUT2D eigenvalue weighted by atomic mass is 10.1. The maximum Gasteiger partial charge on any atom is 0.322 e. The second-order valence-electron chi connectivity index (χ2n) is 7.09. The molecule has 1 aromatic carbocycles. The van der Waals surface area contributed by atoms with Crippen molar-refractivity contribution in [3.63, 3.8) is 0 Å². The number of carbonyl (C=O) groups is 2. The number of hydrogen-bond donors (Lipinski definition) is 1. The Morgan fingerprint density at radius 1 is 1.22 bits per heavy atom. The Morgan fingerprint density at radius 3 is 2.56 bits per heavy atom. The fourth-order valence-corrected chi connectivity index (χ4v) is 3.13. The molecule has 1 N–H and O–H groups in total. The third-order valence-corrected chi connectivity index (χ3v) is 4.43. The first kappa shape index (κ1) is 18.8. The number of nitrogens with one attached hydrogen (secondary N) is 1. The van der Waals surface area contributed by atoms with Gasteiger partial charge in [-0.1, -0.05) is 6.07 Å². The molecule has 1 aromatic heterocycles. The highest BCUT2D eigenvalue weighted by atomic mass is 16.5. The van der Waals surface area contributed by atoms with Crippen LogP contribution in [0.1, 0.15) is 31.7 Å². The van der Waals surface area contributed by atoms with Crippen LogP contribution in [0.15, 0.2) is 30.3 Å². The topological polar surface area (TPSA) is 84.4 Å². The minimum atomic E-state index is -0.341. The molecular weight excluding hydrogens is 344 g/mol. The minimum absolute atomic E-state index is 0.0224. The molecule has 27 heavy (non-hydrogen) atoms. The highest BCUT2D eigenvalue weighted by Crippen LogP contribution is 2.25. The molecule has 0 radical (unpaired) electrons. The number of nitrogens with zero attached hydrogens (tertiary/aromatic N) is 3. The molecule has 1 aliphatic rings. The molecular formula is C20H24N4O3. The van der Waals surface area contributed by atoms with E-state index in [4.69, 9.17) is 4.74 Å². The summed E-state index contributed by atoms with van der Waals surface area (Å²) in [6.07, 6.45) is 0.247. The van der Waals surface area contributed by atoms with Gasteiger partial charge in [0.05, 0.1) is 5.92 Å². The molecule has 1 unspecified atom stereocenters. The molecule has 3 rings (SSSR count). The van der Waals surface area contributed by atoms with E-state index in [0.717, 1.165) is 11.4 Å². The summed E-state index contributed by atoms with van der Waals surface area (Å²) in [5.74, 6) is 0.0526. The third kappa shape index (κ3) is 4.61. The molecule has 0 aliphatic carbocycles. The van der Waals surface area contributed by atoms with Gasteiger partial charge in [-0.3, -0.25) is 9.59 Å². The highest BCUT2D eigenvalue weighted by Gasteiger charge is 2.35. The average Bonchev–Trinajstić information content (AvgIpc) is 2.96. The molecule has 2 amide bonds. The van der Waals surface area contributed by atoms with Gasteiger partial charge in [0, 0.05) is 42.1 Å². The lowest BCUT2D eigenvalue weighted by molar-refractivity contribution is -0.129. The van der Waals surface area contributed by atoms with Crippen LogP contribution < -0.4 is 10.1 Å². The monoisotopic (exact) mass is 368 g/mol. The summed E-state index contributed by atoms with van der Waals surface area (Å²) >= 11 is 0. The van der Waals surface area contributed by atoms with Gasteiger partial charge in [-0.15, -0.1) is 0 Å². The number of rotatable bonds is 5. The van der Waals surface area contributed by atoms with E-state index in [1.54, 1.807) is 29.2 Å². The summed E-state index contributed by atoms with van der Waals surface area (Å²) in [5.41, 5.74) is 2.25. The number of anilines is 1. The van der Waals surface area contributed by atoms with Crippen molar-refractivity contribution in [2.75, 3.05) is 11.9 Å². The van der Waals surface area contributed by atoms with Crippen LogP contribution in [0.4, 0.5) is 5.69 Å². The number of amides is 2. The summed E-state index contributed by atoms with van der Waals surface area (Å²) in [5, 5.41) is 2.87. The van der Waals surface area contributed by atoms with Gasteiger partial charge >= 0.3 is 6.01 Å². The Kier molecular flexibility index (Phi) is 5.39.